The fraction of sp³-hybridized carbons (Fsp3) is 0.778. The van der Waals surface area contributed by atoms with Gasteiger partial charge in [-0.25, -0.2) is 0 Å². The van der Waals surface area contributed by atoms with Gasteiger partial charge in [0, 0.05) is 0 Å². The van der Waals surface area contributed by atoms with Crippen LogP contribution in [0.5, 0.6) is 0 Å². The molecule has 3 amide bonds. The van der Waals surface area contributed by atoms with Crippen molar-refractivity contribution in [1.82, 2.24) is 16.0 Å². The van der Waals surface area contributed by atoms with E-state index in [2.05, 4.69) is 16.0 Å². The van der Waals surface area contributed by atoms with Crippen LogP contribution < -0.4 is 27.4 Å². The Labute approximate surface area is 166 Å². The first kappa shape index (κ1) is 25.8. The van der Waals surface area contributed by atoms with Crippen LogP contribution in [0.4, 0.5) is 0 Å². The van der Waals surface area contributed by atoms with Gasteiger partial charge in [-0.1, -0.05) is 20.8 Å². The van der Waals surface area contributed by atoms with E-state index in [1.807, 2.05) is 20.8 Å². The lowest BCUT2D eigenvalue weighted by Gasteiger charge is -2.28. The zero-order valence-corrected chi connectivity index (χ0v) is 17.2. The van der Waals surface area contributed by atoms with Crippen LogP contribution in [-0.4, -0.2) is 60.0 Å². The van der Waals surface area contributed by atoms with Crippen molar-refractivity contribution in [3.8, 4) is 0 Å². The maximum atomic E-state index is 12.8. The van der Waals surface area contributed by atoms with E-state index in [-0.39, 0.29) is 12.0 Å². The lowest BCUT2D eigenvalue weighted by atomic mass is 9.87. The van der Waals surface area contributed by atoms with Crippen molar-refractivity contribution in [2.24, 2.45) is 16.9 Å². The number of nitrogens with two attached hydrogens (primary N) is 2. The molecule has 28 heavy (non-hydrogen) atoms. The zero-order valence-electron chi connectivity index (χ0n) is 17.2. The van der Waals surface area contributed by atoms with Gasteiger partial charge in [-0.3, -0.25) is 19.2 Å². The van der Waals surface area contributed by atoms with E-state index in [1.165, 1.54) is 6.92 Å². The van der Waals surface area contributed by atoms with Crippen LogP contribution in [0, 0.1) is 5.41 Å². The first-order valence-corrected chi connectivity index (χ1v) is 9.44. The smallest absolute Gasteiger partial charge is 0.325 e. The van der Waals surface area contributed by atoms with Crippen LogP contribution in [0.2, 0.25) is 0 Å². The van der Waals surface area contributed by atoms with Crippen LogP contribution in [0.25, 0.3) is 0 Å². The molecular weight excluding hydrogens is 366 g/mol. The molecule has 8 N–H and O–H groups in total. The van der Waals surface area contributed by atoms with Crippen molar-refractivity contribution in [2.45, 2.75) is 71.5 Å². The topological polar surface area (TPSA) is 177 Å². The molecule has 0 aromatic carbocycles. The average Bonchev–Trinajstić information content (AvgIpc) is 2.58. The second kappa shape index (κ2) is 12.3. The molecule has 10 heteroatoms. The Morgan fingerprint density at radius 1 is 0.929 bits per heavy atom. The first-order chi connectivity index (χ1) is 12.9. The summed E-state index contributed by atoms with van der Waals surface area (Å²) in [5, 5.41) is 16.5. The molecule has 3 atom stereocenters. The van der Waals surface area contributed by atoms with Gasteiger partial charge in [-0.15, -0.1) is 0 Å². The predicted octanol–water partition coefficient (Wildman–Crippen LogP) is -0.931. The molecule has 0 aliphatic heterocycles. The van der Waals surface area contributed by atoms with Crippen LogP contribution >= 0.6 is 0 Å². The summed E-state index contributed by atoms with van der Waals surface area (Å²) in [5.74, 6) is -2.78. The molecule has 0 rings (SSSR count). The van der Waals surface area contributed by atoms with Gasteiger partial charge < -0.3 is 32.5 Å². The zero-order chi connectivity index (χ0) is 21.9. The molecule has 0 bridgehead atoms. The lowest BCUT2D eigenvalue weighted by molar-refractivity contribution is -0.141. The summed E-state index contributed by atoms with van der Waals surface area (Å²) >= 11 is 0. The maximum Gasteiger partial charge on any atom is 0.325 e. The summed E-state index contributed by atoms with van der Waals surface area (Å²) in [6, 6.07) is -2.89. The molecule has 10 nitrogen and oxygen atoms in total. The quantitative estimate of drug-likeness (QED) is 0.229. The molecule has 0 saturated heterocycles. The average molecular weight is 402 g/mol. The number of carboxylic acid groups (broad SMARTS) is 1. The summed E-state index contributed by atoms with van der Waals surface area (Å²) in [6.45, 7) is 7.27. The van der Waals surface area contributed by atoms with Gasteiger partial charge in [-0.2, -0.15) is 0 Å². The van der Waals surface area contributed by atoms with Crippen molar-refractivity contribution >= 4 is 23.7 Å². The molecule has 0 aliphatic carbocycles. The third-order valence-electron chi connectivity index (χ3n) is 3.96. The molecule has 0 unspecified atom stereocenters. The Kier molecular flexibility index (Phi) is 11.3. The van der Waals surface area contributed by atoms with Gasteiger partial charge in [-0.05, 0) is 44.6 Å². The third-order valence-corrected chi connectivity index (χ3v) is 3.96. The Hall–Kier alpha value is -2.20. The minimum atomic E-state index is -1.18. The number of amides is 3. The van der Waals surface area contributed by atoms with Crippen molar-refractivity contribution in [3.05, 3.63) is 0 Å². The van der Waals surface area contributed by atoms with Gasteiger partial charge in [0.2, 0.25) is 17.7 Å². The highest BCUT2D eigenvalue weighted by Gasteiger charge is 2.30. The van der Waals surface area contributed by atoms with Crippen LogP contribution in [0.3, 0.4) is 0 Å². The molecule has 0 saturated carbocycles. The first-order valence-electron chi connectivity index (χ1n) is 9.44. The van der Waals surface area contributed by atoms with E-state index in [9.17, 15) is 19.2 Å². The highest BCUT2D eigenvalue weighted by Crippen LogP contribution is 2.21. The van der Waals surface area contributed by atoms with E-state index in [4.69, 9.17) is 16.6 Å². The minimum Gasteiger partial charge on any atom is -0.480 e. The number of nitrogens with one attached hydrogen (secondary N) is 3. The molecule has 0 fully saturated rings. The van der Waals surface area contributed by atoms with Crippen molar-refractivity contribution in [2.75, 3.05) is 13.1 Å². The highest BCUT2D eigenvalue weighted by atomic mass is 16.4. The molecule has 162 valence electrons. The van der Waals surface area contributed by atoms with Gasteiger partial charge in [0.1, 0.15) is 18.1 Å². The maximum absolute atomic E-state index is 12.8. The number of aliphatic carboxylic acids is 1. The predicted molar refractivity (Wildman–Crippen MR) is 105 cm³/mol. The minimum absolute atomic E-state index is 0.259. The summed E-state index contributed by atoms with van der Waals surface area (Å²) in [4.78, 5) is 47.9. The fourth-order valence-electron chi connectivity index (χ4n) is 2.48. The van der Waals surface area contributed by atoms with Gasteiger partial charge in [0.15, 0.2) is 0 Å². The van der Waals surface area contributed by atoms with Crippen LogP contribution in [-0.2, 0) is 19.2 Å². The Morgan fingerprint density at radius 2 is 1.50 bits per heavy atom. The van der Waals surface area contributed by atoms with Gasteiger partial charge in [0.25, 0.3) is 0 Å². The summed E-state index contributed by atoms with van der Waals surface area (Å²) < 4.78 is 0. The van der Waals surface area contributed by atoms with Crippen molar-refractivity contribution in [3.63, 3.8) is 0 Å². The second-order valence-corrected chi connectivity index (χ2v) is 8.00. The highest BCUT2D eigenvalue weighted by molar-refractivity contribution is 5.93. The summed E-state index contributed by atoms with van der Waals surface area (Å²) in [6.07, 6.45) is 1.88. The third kappa shape index (κ3) is 10.8. The Morgan fingerprint density at radius 3 is 1.96 bits per heavy atom. The number of rotatable bonds is 12. The normalized spacial score (nSPS) is 14.5. The van der Waals surface area contributed by atoms with E-state index in [1.54, 1.807) is 0 Å². The molecule has 0 spiro atoms. The Balaban J connectivity index is 5.28. The number of hydrogen-bond acceptors (Lipinski definition) is 6. The Bertz CT molecular complexity index is 547. The van der Waals surface area contributed by atoms with Gasteiger partial charge in [0.05, 0.1) is 6.54 Å². The van der Waals surface area contributed by atoms with Crippen LogP contribution in [0.1, 0.15) is 53.4 Å². The van der Waals surface area contributed by atoms with E-state index >= 15 is 0 Å². The summed E-state index contributed by atoms with van der Waals surface area (Å²) in [7, 11) is 0. The molecule has 0 heterocycles. The van der Waals surface area contributed by atoms with Crippen molar-refractivity contribution in [1.29, 1.82) is 0 Å². The largest absolute Gasteiger partial charge is 0.480 e. The number of carbonyl (C=O) groups excluding carboxylic acids is 3. The molecule has 0 aliphatic rings. The molecular formula is C18H35N5O5. The van der Waals surface area contributed by atoms with E-state index < -0.39 is 41.8 Å². The fourth-order valence-corrected chi connectivity index (χ4v) is 2.48. The summed E-state index contributed by atoms with van der Waals surface area (Å²) in [5.41, 5.74) is 10.5. The SMILES string of the molecule is C[C@H](NC(=O)[C@H](CCCCN)NC(=O)[C@H](CC(C)(C)C)NC(=O)CN)C(=O)O. The second-order valence-electron chi connectivity index (χ2n) is 8.00. The molecule has 0 aromatic heterocycles. The van der Waals surface area contributed by atoms with Gasteiger partial charge >= 0.3 is 5.97 Å². The van der Waals surface area contributed by atoms with Crippen LogP contribution in [0.15, 0.2) is 0 Å². The number of hydrogen-bond donors (Lipinski definition) is 6. The van der Waals surface area contributed by atoms with E-state index in [0.29, 0.717) is 32.2 Å². The lowest BCUT2D eigenvalue weighted by Crippen LogP contribution is -2.56. The molecule has 0 aromatic rings. The monoisotopic (exact) mass is 401 g/mol. The number of carboxylic acids is 1. The number of unbranched alkanes of at least 4 members (excludes halogenated alkanes) is 1. The van der Waals surface area contributed by atoms with Crippen molar-refractivity contribution < 1.29 is 24.3 Å². The number of carbonyl (C=O) groups is 4. The molecule has 0 radical (unpaired) electrons. The standard InChI is InChI=1S/C18H35N5O5/c1-11(17(27)28)21-15(25)12(7-5-6-8-19)23-16(26)13(9-18(2,3)4)22-14(24)10-20/h11-13H,5-10,19-20H2,1-4H3,(H,21,25)(H,22,24)(H,23,26)(H,27,28)/t11-,12-,13-/m0/s1. The van der Waals surface area contributed by atoms with E-state index in [0.717, 1.165) is 0 Å².